The van der Waals surface area contributed by atoms with E-state index in [1.165, 1.54) is 16.6 Å². The number of carbonyl (C=O) groups is 1. The normalized spacial score (nSPS) is 16.2. The molecular formula is C16H28N4O3S. The third-order valence-electron chi connectivity index (χ3n) is 4.18. The molecular weight excluding hydrogens is 328 g/mol. The zero-order chi connectivity index (χ0) is 17.6. The van der Waals surface area contributed by atoms with Crippen LogP contribution in [-0.2, 0) is 17.1 Å². The van der Waals surface area contributed by atoms with Gasteiger partial charge in [-0.3, -0.25) is 4.79 Å². The number of piperidine rings is 1. The van der Waals surface area contributed by atoms with Gasteiger partial charge in [-0.05, 0) is 31.9 Å². The first kappa shape index (κ1) is 19.0. The molecule has 24 heavy (non-hydrogen) atoms. The van der Waals surface area contributed by atoms with Gasteiger partial charge in [0.1, 0.15) is 10.6 Å². The lowest BCUT2D eigenvalue weighted by Gasteiger charge is -2.25. The van der Waals surface area contributed by atoms with Crippen LogP contribution in [0.3, 0.4) is 0 Å². The van der Waals surface area contributed by atoms with Gasteiger partial charge in [-0.25, -0.2) is 8.42 Å². The molecule has 1 aromatic heterocycles. The first-order valence-corrected chi connectivity index (χ1v) is 10.1. The second-order valence-corrected chi connectivity index (χ2v) is 8.08. The van der Waals surface area contributed by atoms with Gasteiger partial charge in [-0.2, -0.15) is 4.31 Å². The summed E-state index contributed by atoms with van der Waals surface area (Å²) < 4.78 is 28.4. The Hall–Kier alpha value is -1.38. The third kappa shape index (κ3) is 4.58. The molecule has 1 fully saturated rings. The number of nitrogens with zero attached hydrogens (tertiary/aromatic N) is 2. The van der Waals surface area contributed by atoms with Gasteiger partial charge >= 0.3 is 0 Å². The lowest BCUT2D eigenvalue weighted by atomic mass is 10.2. The molecule has 0 aromatic carbocycles. The summed E-state index contributed by atoms with van der Waals surface area (Å²) >= 11 is 0. The van der Waals surface area contributed by atoms with E-state index >= 15 is 0 Å². The van der Waals surface area contributed by atoms with Crippen LogP contribution in [0.1, 0.15) is 43.1 Å². The summed E-state index contributed by atoms with van der Waals surface area (Å²) in [5.74, 6) is -0.254. The largest absolute Gasteiger partial charge is 0.349 e. The Morgan fingerprint density at radius 1 is 1.17 bits per heavy atom. The molecule has 0 aliphatic carbocycles. The van der Waals surface area contributed by atoms with Crippen LogP contribution in [0.2, 0.25) is 0 Å². The number of aromatic nitrogens is 1. The fourth-order valence-electron chi connectivity index (χ4n) is 2.81. The predicted molar refractivity (Wildman–Crippen MR) is 93.5 cm³/mol. The molecule has 2 rings (SSSR count). The highest BCUT2D eigenvalue weighted by Gasteiger charge is 2.28. The fraction of sp³-hybridized carbons (Fsp3) is 0.688. The zero-order valence-electron chi connectivity index (χ0n) is 14.5. The van der Waals surface area contributed by atoms with Crippen LogP contribution in [0.4, 0.5) is 0 Å². The van der Waals surface area contributed by atoms with E-state index in [4.69, 9.17) is 0 Å². The molecule has 1 amide bonds. The van der Waals surface area contributed by atoms with Crippen molar-refractivity contribution in [3.63, 3.8) is 0 Å². The van der Waals surface area contributed by atoms with Gasteiger partial charge in [0.25, 0.3) is 5.91 Å². The number of aryl methyl sites for hydroxylation is 1. The first-order valence-electron chi connectivity index (χ1n) is 8.62. The number of carbonyl (C=O) groups excluding carboxylic acids is 1. The quantitative estimate of drug-likeness (QED) is 0.679. The van der Waals surface area contributed by atoms with Crippen molar-refractivity contribution in [1.29, 1.82) is 0 Å². The average Bonchev–Trinajstić information content (AvgIpc) is 2.98. The number of hydrogen-bond donors (Lipinski definition) is 2. The maximum atomic E-state index is 12.7. The number of amides is 1. The summed E-state index contributed by atoms with van der Waals surface area (Å²) in [6.07, 6.45) is 5.42. The Kier molecular flexibility index (Phi) is 6.82. The van der Waals surface area contributed by atoms with Crippen molar-refractivity contribution in [2.45, 2.75) is 37.5 Å². The van der Waals surface area contributed by atoms with Crippen molar-refractivity contribution in [1.82, 2.24) is 19.5 Å². The fourth-order valence-corrected chi connectivity index (χ4v) is 4.40. The Morgan fingerprint density at radius 2 is 1.88 bits per heavy atom. The van der Waals surface area contributed by atoms with E-state index in [0.717, 1.165) is 32.2 Å². The number of hydrogen-bond acceptors (Lipinski definition) is 4. The highest BCUT2D eigenvalue weighted by Crippen LogP contribution is 2.22. The van der Waals surface area contributed by atoms with Crippen LogP contribution in [0.5, 0.6) is 0 Å². The van der Waals surface area contributed by atoms with E-state index in [0.29, 0.717) is 31.9 Å². The van der Waals surface area contributed by atoms with E-state index < -0.39 is 10.0 Å². The molecule has 0 unspecified atom stereocenters. The number of rotatable bonds is 8. The van der Waals surface area contributed by atoms with E-state index in [2.05, 4.69) is 17.6 Å². The van der Waals surface area contributed by atoms with Gasteiger partial charge in [-0.1, -0.05) is 13.3 Å². The van der Waals surface area contributed by atoms with Crippen LogP contribution in [0.25, 0.3) is 0 Å². The molecule has 1 aliphatic heterocycles. The highest BCUT2D eigenvalue weighted by molar-refractivity contribution is 7.89. The van der Waals surface area contributed by atoms with Crippen molar-refractivity contribution in [3.05, 3.63) is 18.0 Å². The minimum atomic E-state index is -3.51. The second-order valence-electron chi connectivity index (χ2n) is 6.14. The first-order chi connectivity index (χ1) is 11.5. The zero-order valence-corrected chi connectivity index (χ0v) is 15.4. The molecule has 0 radical (unpaired) electrons. The second kappa shape index (κ2) is 8.64. The van der Waals surface area contributed by atoms with Crippen LogP contribution >= 0.6 is 0 Å². The van der Waals surface area contributed by atoms with Crippen LogP contribution < -0.4 is 10.6 Å². The standard InChI is InChI=1S/C16H28N4O3S/c1-3-7-17-8-9-18-16(21)15-12-14(13-19(15)2)24(22,23)20-10-5-4-6-11-20/h12-13,17H,3-11H2,1-2H3,(H,18,21). The third-order valence-corrected chi connectivity index (χ3v) is 6.04. The van der Waals surface area contributed by atoms with Gasteiger partial charge in [0.05, 0.1) is 0 Å². The SMILES string of the molecule is CCCNCCNC(=O)c1cc(S(=O)(=O)N2CCCCC2)cn1C. The molecule has 7 nitrogen and oxygen atoms in total. The van der Waals surface area contributed by atoms with E-state index in [9.17, 15) is 13.2 Å². The topological polar surface area (TPSA) is 83.4 Å². The Labute approximate surface area is 144 Å². The predicted octanol–water partition coefficient (Wildman–Crippen LogP) is 0.929. The van der Waals surface area contributed by atoms with Gasteiger partial charge in [0, 0.05) is 39.4 Å². The summed E-state index contributed by atoms with van der Waals surface area (Å²) in [6, 6.07) is 1.47. The molecule has 1 saturated heterocycles. The van der Waals surface area contributed by atoms with Crippen molar-refractivity contribution in [2.75, 3.05) is 32.7 Å². The summed E-state index contributed by atoms with van der Waals surface area (Å²) in [4.78, 5) is 12.4. The van der Waals surface area contributed by atoms with Crippen molar-refractivity contribution < 1.29 is 13.2 Å². The molecule has 1 aliphatic rings. The van der Waals surface area contributed by atoms with Crippen molar-refractivity contribution in [3.8, 4) is 0 Å². The molecule has 0 spiro atoms. The van der Waals surface area contributed by atoms with Crippen molar-refractivity contribution in [2.24, 2.45) is 7.05 Å². The Morgan fingerprint density at radius 3 is 2.54 bits per heavy atom. The average molecular weight is 356 g/mol. The maximum absolute atomic E-state index is 12.7. The molecule has 0 bridgehead atoms. The maximum Gasteiger partial charge on any atom is 0.267 e. The number of sulfonamides is 1. The molecule has 1 aromatic rings. The van der Waals surface area contributed by atoms with Crippen molar-refractivity contribution >= 4 is 15.9 Å². The summed E-state index contributed by atoms with van der Waals surface area (Å²) in [5.41, 5.74) is 0.362. The van der Waals surface area contributed by atoms with Gasteiger partial charge < -0.3 is 15.2 Å². The molecule has 8 heteroatoms. The lowest BCUT2D eigenvalue weighted by molar-refractivity contribution is 0.0946. The van der Waals surface area contributed by atoms with Gasteiger partial charge in [-0.15, -0.1) is 0 Å². The van der Waals surface area contributed by atoms with E-state index in [1.54, 1.807) is 11.6 Å². The van der Waals surface area contributed by atoms with Crippen LogP contribution in [0.15, 0.2) is 17.2 Å². The summed E-state index contributed by atoms with van der Waals surface area (Å²) in [5, 5.41) is 6.02. The minimum Gasteiger partial charge on any atom is -0.349 e. The molecule has 0 saturated carbocycles. The summed E-state index contributed by atoms with van der Waals surface area (Å²) in [6.45, 7) is 5.32. The highest BCUT2D eigenvalue weighted by atomic mass is 32.2. The number of nitrogens with one attached hydrogen (secondary N) is 2. The molecule has 2 N–H and O–H groups in total. The molecule has 136 valence electrons. The molecule has 0 atom stereocenters. The Balaban J connectivity index is 2.02. The van der Waals surface area contributed by atoms with Crippen LogP contribution in [0, 0.1) is 0 Å². The Bertz CT molecular complexity index is 648. The summed E-state index contributed by atoms with van der Waals surface area (Å²) in [7, 11) is -1.82. The van der Waals surface area contributed by atoms with E-state index in [-0.39, 0.29) is 10.8 Å². The minimum absolute atomic E-state index is 0.196. The van der Waals surface area contributed by atoms with E-state index in [1.807, 2.05) is 0 Å². The lowest BCUT2D eigenvalue weighted by Crippen LogP contribution is -2.35. The smallest absolute Gasteiger partial charge is 0.267 e. The van der Waals surface area contributed by atoms with Gasteiger partial charge in [0.2, 0.25) is 10.0 Å². The van der Waals surface area contributed by atoms with Crippen LogP contribution in [-0.4, -0.2) is 55.9 Å². The molecule has 2 heterocycles. The monoisotopic (exact) mass is 356 g/mol. The van der Waals surface area contributed by atoms with Gasteiger partial charge in [0.15, 0.2) is 0 Å².